The normalized spacial score (nSPS) is 10.6. The highest BCUT2D eigenvalue weighted by molar-refractivity contribution is 6.63. The molecule has 0 N–H and O–H groups in total. The molecule has 3 heteroatoms. The van der Waals surface area contributed by atoms with Crippen LogP contribution in [0.25, 0.3) is 0 Å². The SMILES string of the molecule is Cc1ccc(C(C)C)c(OCCCC(=O)Cl)c1. The number of hydrogen-bond donors (Lipinski definition) is 0. The summed E-state index contributed by atoms with van der Waals surface area (Å²) in [6.45, 7) is 6.85. The minimum absolute atomic E-state index is 0.304. The van der Waals surface area contributed by atoms with E-state index in [1.165, 1.54) is 11.1 Å². The van der Waals surface area contributed by atoms with Crippen molar-refractivity contribution in [2.45, 2.75) is 39.5 Å². The highest BCUT2D eigenvalue weighted by atomic mass is 35.5. The lowest BCUT2D eigenvalue weighted by molar-refractivity contribution is -0.111. The van der Waals surface area contributed by atoms with E-state index >= 15 is 0 Å². The second kappa shape index (κ2) is 6.65. The van der Waals surface area contributed by atoms with Crippen LogP contribution in [-0.4, -0.2) is 11.8 Å². The smallest absolute Gasteiger partial charge is 0.221 e. The number of carbonyl (C=O) groups is 1. The molecule has 0 radical (unpaired) electrons. The number of carbonyl (C=O) groups excluding carboxylic acids is 1. The Balaban J connectivity index is 2.62. The van der Waals surface area contributed by atoms with Crippen LogP contribution in [0.1, 0.15) is 43.7 Å². The Labute approximate surface area is 108 Å². The van der Waals surface area contributed by atoms with Crippen molar-refractivity contribution in [1.82, 2.24) is 0 Å². The zero-order valence-electron chi connectivity index (χ0n) is 10.6. The summed E-state index contributed by atoms with van der Waals surface area (Å²) in [4.78, 5) is 10.6. The zero-order chi connectivity index (χ0) is 12.8. The van der Waals surface area contributed by atoms with Crippen molar-refractivity contribution in [2.24, 2.45) is 0 Å². The highest BCUT2D eigenvalue weighted by Crippen LogP contribution is 2.27. The maximum Gasteiger partial charge on any atom is 0.221 e. The Morgan fingerprint density at radius 3 is 2.71 bits per heavy atom. The van der Waals surface area contributed by atoms with Crippen LogP contribution in [0.4, 0.5) is 0 Å². The first-order valence-corrected chi connectivity index (χ1v) is 6.30. The quantitative estimate of drug-likeness (QED) is 0.566. The lowest BCUT2D eigenvalue weighted by Crippen LogP contribution is -2.03. The lowest BCUT2D eigenvalue weighted by Gasteiger charge is -2.14. The first-order chi connectivity index (χ1) is 8.00. The van der Waals surface area contributed by atoms with Gasteiger partial charge in [0.15, 0.2) is 0 Å². The molecular weight excluding hydrogens is 236 g/mol. The molecule has 0 saturated heterocycles. The first-order valence-electron chi connectivity index (χ1n) is 5.92. The molecule has 17 heavy (non-hydrogen) atoms. The third kappa shape index (κ3) is 4.78. The standard InChI is InChI=1S/C14H19ClO2/c1-10(2)12-7-6-11(3)9-13(12)17-8-4-5-14(15)16/h6-7,9-10H,4-5,8H2,1-3H3. The van der Waals surface area contributed by atoms with Gasteiger partial charge in [-0.3, -0.25) is 4.79 Å². The van der Waals surface area contributed by atoms with Gasteiger partial charge in [-0.2, -0.15) is 0 Å². The maximum atomic E-state index is 10.6. The summed E-state index contributed by atoms with van der Waals surface area (Å²) in [7, 11) is 0. The van der Waals surface area contributed by atoms with Gasteiger partial charge >= 0.3 is 0 Å². The molecule has 1 aromatic rings. The number of benzene rings is 1. The van der Waals surface area contributed by atoms with Crippen LogP contribution in [-0.2, 0) is 4.79 Å². The average Bonchev–Trinajstić information content (AvgIpc) is 2.23. The fourth-order valence-electron chi connectivity index (χ4n) is 1.64. The minimum atomic E-state index is -0.304. The van der Waals surface area contributed by atoms with Crippen LogP contribution in [0.15, 0.2) is 18.2 Å². The van der Waals surface area contributed by atoms with Crippen molar-refractivity contribution in [3.63, 3.8) is 0 Å². The van der Waals surface area contributed by atoms with Crippen molar-refractivity contribution >= 4 is 16.8 Å². The number of halogens is 1. The fourth-order valence-corrected chi connectivity index (χ4v) is 1.77. The molecule has 0 aromatic heterocycles. The molecular formula is C14H19ClO2. The van der Waals surface area contributed by atoms with Gasteiger partial charge in [-0.15, -0.1) is 0 Å². The molecule has 0 aliphatic heterocycles. The topological polar surface area (TPSA) is 26.3 Å². The number of rotatable bonds is 6. The Bertz CT molecular complexity index is 386. The number of hydrogen-bond acceptors (Lipinski definition) is 2. The molecule has 0 heterocycles. The third-order valence-electron chi connectivity index (χ3n) is 2.57. The second-order valence-electron chi connectivity index (χ2n) is 4.50. The molecule has 0 aliphatic rings. The molecule has 1 aromatic carbocycles. The predicted molar refractivity (Wildman–Crippen MR) is 70.9 cm³/mol. The van der Waals surface area contributed by atoms with Crippen LogP contribution in [0.2, 0.25) is 0 Å². The van der Waals surface area contributed by atoms with Crippen molar-refractivity contribution in [2.75, 3.05) is 6.61 Å². The average molecular weight is 255 g/mol. The Morgan fingerprint density at radius 2 is 2.12 bits per heavy atom. The van der Waals surface area contributed by atoms with Crippen LogP contribution >= 0.6 is 11.6 Å². The Morgan fingerprint density at radius 1 is 1.41 bits per heavy atom. The monoisotopic (exact) mass is 254 g/mol. The van der Waals surface area contributed by atoms with Crippen molar-refractivity contribution in [3.8, 4) is 5.75 Å². The van der Waals surface area contributed by atoms with Gasteiger partial charge in [0.1, 0.15) is 5.75 Å². The molecule has 0 spiro atoms. The molecule has 0 atom stereocenters. The van der Waals surface area contributed by atoms with Gasteiger partial charge < -0.3 is 4.74 Å². The summed E-state index contributed by atoms with van der Waals surface area (Å²) in [5, 5.41) is -0.304. The fraction of sp³-hybridized carbons (Fsp3) is 0.500. The number of ether oxygens (including phenoxy) is 1. The first kappa shape index (κ1) is 14.0. The van der Waals surface area contributed by atoms with Crippen LogP contribution in [0, 0.1) is 6.92 Å². The molecule has 0 saturated carbocycles. The summed E-state index contributed by atoms with van der Waals surface area (Å²) >= 11 is 5.27. The minimum Gasteiger partial charge on any atom is -0.493 e. The van der Waals surface area contributed by atoms with Crippen molar-refractivity contribution < 1.29 is 9.53 Å². The maximum absolute atomic E-state index is 10.6. The summed E-state index contributed by atoms with van der Waals surface area (Å²) in [6.07, 6.45) is 1.03. The van der Waals surface area contributed by atoms with Gasteiger partial charge in [0.05, 0.1) is 6.61 Å². The molecule has 94 valence electrons. The molecule has 0 fully saturated rings. The van der Waals surface area contributed by atoms with Crippen molar-refractivity contribution in [3.05, 3.63) is 29.3 Å². The van der Waals surface area contributed by atoms with E-state index in [-0.39, 0.29) is 5.24 Å². The highest BCUT2D eigenvalue weighted by Gasteiger charge is 2.08. The summed E-state index contributed by atoms with van der Waals surface area (Å²) in [6, 6.07) is 6.23. The molecule has 0 amide bonds. The van der Waals surface area contributed by atoms with E-state index in [2.05, 4.69) is 26.0 Å². The Kier molecular flexibility index (Phi) is 5.49. The lowest BCUT2D eigenvalue weighted by atomic mass is 10.0. The van der Waals surface area contributed by atoms with Gasteiger partial charge in [-0.1, -0.05) is 26.0 Å². The summed E-state index contributed by atoms with van der Waals surface area (Å²) < 4.78 is 5.72. The Hall–Kier alpha value is -1.02. The molecule has 0 aliphatic carbocycles. The van der Waals surface area contributed by atoms with Crippen LogP contribution in [0.3, 0.4) is 0 Å². The van der Waals surface area contributed by atoms with E-state index in [0.29, 0.717) is 25.4 Å². The van der Waals surface area contributed by atoms with Gasteiger partial charge in [-0.05, 0) is 48.1 Å². The van der Waals surface area contributed by atoms with Crippen LogP contribution in [0.5, 0.6) is 5.75 Å². The molecule has 1 rings (SSSR count). The van der Waals surface area contributed by atoms with Gasteiger partial charge in [-0.25, -0.2) is 0 Å². The van der Waals surface area contributed by atoms with E-state index < -0.39 is 0 Å². The van der Waals surface area contributed by atoms with E-state index in [9.17, 15) is 4.79 Å². The molecule has 0 bridgehead atoms. The van der Waals surface area contributed by atoms with E-state index in [1.54, 1.807) is 0 Å². The zero-order valence-corrected chi connectivity index (χ0v) is 11.4. The second-order valence-corrected chi connectivity index (χ2v) is 4.92. The predicted octanol–water partition coefficient (Wildman–Crippen LogP) is 4.04. The van der Waals surface area contributed by atoms with Gasteiger partial charge in [0, 0.05) is 6.42 Å². The van der Waals surface area contributed by atoms with E-state index in [4.69, 9.17) is 16.3 Å². The van der Waals surface area contributed by atoms with Gasteiger partial charge in [0.25, 0.3) is 0 Å². The molecule has 0 unspecified atom stereocenters. The largest absolute Gasteiger partial charge is 0.493 e. The molecule has 2 nitrogen and oxygen atoms in total. The number of aryl methyl sites for hydroxylation is 1. The van der Waals surface area contributed by atoms with E-state index in [1.807, 2.05) is 13.0 Å². The van der Waals surface area contributed by atoms with Crippen LogP contribution < -0.4 is 4.74 Å². The van der Waals surface area contributed by atoms with Gasteiger partial charge in [0.2, 0.25) is 5.24 Å². The van der Waals surface area contributed by atoms with Crippen molar-refractivity contribution in [1.29, 1.82) is 0 Å². The van der Waals surface area contributed by atoms with E-state index in [0.717, 1.165) is 5.75 Å². The summed E-state index contributed by atoms with van der Waals surface area (Å²) in [5.74, 6) is 1.35. The summed E-state index contributed by atoms with van der Waals surface area (Å²) in [5.41, 5.74) is 2.38. The third-order valence-corrected chi connectivity index (χ3v) is 2.76.